The van der Waals surface area contributed by atoms with E-state index in [4.69, 9.17) is 17.3 Å². The smallest absolute Gasteiger partial charge is 0.252 e. The molecule has 0 radical (unpaired) electrons. The molecule has 0 unspecified atom stereocenters. The summed E-state index contributed by atoms with van der Waals surface area (Å²) in [5, 5.41) is 10.6. The van der Waals surface area contributed by atoms with Crippen molar-refractivity contribution in [3.05, 3.63) is 63.4 Å². The fourth-order valence-electron chi connectivity index (χ4n) is 3.01. The number of primary amides is 1. The average molecular weight is 306 g/mol. The molecule has 0 spiro atoms. The van der Waals surface area contributed by atoms with E-state index in [1.165, 1.54) is 12.1 Å². The first-order chi connectivity index (χ1) is 9.99. The van der Waals surface area contributed by atoms with Crippen molar-refractivity contribution in [3.8, 4) is 5.75 Å². The van der Waals surface area contributed by atoms with Gasteiger partial charge in [-0.05, 0) is 42.2 Å². The number of phenols is 1. The van der Waals surface area contributed by atoms with Gasteiger partial charge in [-0.15, -0.1) is 0 Å². The monoisotopic (exact) mass is 305 g/mol. The third-order valence-corrected chi connectivity index (χ3v) is 4.18. The van der Waals surface area contributed by atoms with Crippen LogP contribution in [0.1, 0.15) is 39.4 Å². The van der Waals surface area contributed by atoms with Crippen LogP contribution < -0.4 is 5.73 Å². The Bertz CT molecular complexity index is 745. The van der Waals surface area contributed by atoms with E-state index in [-0.39, 0.29) is 23.0 Å². The molecule has 5 heteroatoms. The van der Waals surface area contributed by atoms with Crippen LogP contribution in [0.15, 0.2) is 30.3 Å². The van der Waals surface area contributed by atoms with Gasteiger partial charge in [-0.1, -0.05) is 23.7 Å². The number of carbonyl (C=O) groups excluding carboxylic acids is 1. The molecule has 0 saturated carbocycles. The van der Waals surface area contributed by atoms with Crippen LogP contribution in [-0.4, -0.2) is 11.0 Å². The summed E-state index contributed by atoms with van der Waals surface area (Å²) in [7, 11) is 0. The molecule has 1 amide bonds. The van der Waals surface area contributed by atoms with Crippen LogP contribution in [0.5, 0.6) is 5.75 Å². The molecular weight excluding hydrogens is 293 g/mol. The number of nitrogens with two attached hydrogens (primary N) is 1. The second kappa shape index (κ2) is 5.04. The van der Waals surface area contributed by atoms with Crippen molar-refractivity contribution >= 4 is 17.5 Å². The molecule has 0 saturated heterocycles. The third-order valence-electron chi connectivity index (χ3n) is 3.96. The molecular formula is C16H13ClFNO2. The predicted molar refractivity (Wildman–Crippen MR) is 78.2 cm³/mol. The normalized spacial score (nSPS) is 16.8. The molecule has 0 aromatic heterocycles. The van der Waals surface area contributed by atoms with E-state index in [2.05, 4.69) is 0 Å². The van der Waals surface area contributed by atoms with Crippen molar-refractivity contribution in [2.45, 2.75) is 18.8 Å². The van der Waals surface area contributed by atoms with Gasteiger partial charge in [0.2, 0.25) is 0 Å². The second-order valence-corrected chi connectivity index (χ2v) is 5.59. The van der Waals surface area contributed by atoms with E-state index in [0.717, 1.165) is 5.56 Å². The molecule has 2 aromatic rings. The topological polar surface area (TPSA) is 63.3 Å². The van der Waals surface area contributed by atoms with E-state index in [1.54, 1.807) is 18.2 Å². The number of rotatable bonds is 2. The molecule has 0 heterocycles. The zero-order chi connectivity index (χ0) is 15.1. The molecule has 0 bridgehead atoms. The molecule has 0 aliphatic heterocycles. The first kappa shape index (κ1) is 13.9. The number of hydrogen-bond acceptors (Lipinski definition) is 2. The maximum atomic E-state index is 13.9. The first-order valence-electron chi connectivity index (χ1n) is 6.58. The van der Waals surface area contributed by atoms with Crippen LogP contribution >= 0.6 is 11.6 Å². The highest BCUT2D eigenvalue weighted by Gasteiger charge is 2.29. The Labute approximate surface area is 126 Å². The maximum Gasteiger partial charge on any atom is 0.252 e. The Hall–Kier alpha value is -2.07. The Morgan fingerprint density at radius 3 is 2.81 bits per heavy atom. The Balaban J connectivity index is 2.14. The SMILES string of the molecule is NC(=O)c1cccc([C@H]2CCc3c(F)cc(Cl)cc32)c1O. The van der Waals surface area contributed by atoms with E-state index < -0.39 is 5.91 Å². The average Bonchev–Trinajstić information content (AvgIpc) is 2.82. The molecule has 3 rings (SSSR count). The number of halogens is 2. The van der Waals surface area contributed by atoms with Gasteiger partial charge in [0.25, 0.3) is 5.91 Å². The van der Waals surface area contributed by atoms with Crippen LogP contribution in [0.25, 0.3) is 0 Å². The fraction of sp³-hybridized carbons (Fsp3) is 0.188. The van der Waals surface area contributed by atoms with Crippen molar-refractivity contribution in [1.82, 2.24) is 0 Å². The van der Waals surface area contributed by atoms with Crippen molar-refractivity contribution in [2.75, 3.05) is 0 Å². The summed E-state index contributed by atoms with van der Waals surface area (Å²) in [6.07, 6.45) is 1.23. The number of benzene rings is 2. The van der Waals surface area contributed by atoms with Crippen LogP contribution in [0.4, 0.5) is 4.39 Å². The molecule has 0 fully saturated rings. The van der Waals surface area contributed by atoms with Crippen LogP contribution in [0.3, 0.4) is 0 Å². The van der Waals surface area contributed by atoms with Crippen molar-refractivity contribution in [1.29, 1.82) is 0 Å². The van der Waals surface area contributed by atoms with Crippen molar-refractivity contribution in [2.24, 2.45) is 5.73 Å². The third kappa shape index (κ3) is 2.25. The minimum atomic E-state index is -0.690. The van der Waals surface area contributed by atoms with Gasteiger partial charge in [0.05, 0.1) is 5.56 Å². The molecule has 3 nitrogen and oxygen atoms in total. The number of hydrogen-bond donors (Lipinski definition) is 2. The number of amides is 1. The molecule has 2 aromatic carbocycles. The second-order valence-electron chi connectivity index (χ2n) is 5.15. The molecule has 108 valence electrons. The van der Waals surface area contributed by atoms with Gasteiger partial charge in [0.15, 0.2) is 0 Å². The molecule has 1 aliphatic carbocycles. The predicted octanol–water partition coefficient (Wildman–Crippen LogP) is 3.36. The largest absolute Gasteiger partial charge is 0.507 e. The van der Waals surface area contributed by atoms with Gasteiger partial charge in [0.1, 0.15) is 11.6 Å². The van der Waals surface area contributed by atoms with Crippen LogP contribution in [-0.2, 0) is 6.42 Å². The number of para-hydroxylation sites is 1. The molecule has 1 atom stereocenters. The number of aromatic hydroxyl groups is 1. The summed E-state index contributed by atoms with van der Waals surface area (Å²) in [6.45, 7) is 0. The van der Waals surface area contributed by atoms with Gasteiger partial charge in [0, 0.05) is 16.5 Å². The highest BCUT2D eigenvalue weighted by Crippen LogP contribution is 2.44. The number of fused-ring (bicyclic) bond motifs is 1. The summed E-state index contributed by atoms with van der Waals surface area (Å²) in [4.78, 5) is 11.3. The van der Waals surface area contributed by atoms with Crippen molar-refractivity contribution < 1.29 is 14.3 Å². The Kier molecular flexibility index (Phi) is 3.33. The lowest BCUT2D eigenvalue weighted by Crippen LogP contribution is -2.12. The van der Waals surface area contributed by atoms with Gasteiger partial charge < -0.3 is 10.8 Å². The minimum absolute atomic E-state index is 0.0726. The summed E-state index contributed by atoms with van der Waals surface area (Å²) >= 11 is 5.93. The zero-order valence-electron chi connectivity index (χ0n) is 11.1. The van der Waals surface area contributed by atoms with Gasteiger partial charge in [-0.2, -0.15) is 0 Å². The first-order valence-corrected chi connectivity index (χ1v) is 6.96. The highest BCUT2D eigenvalue weighted by molar-refractivity contribution is 6.30. The fourth-order valence-corrected chi connectivity index (χ4v) is 3.22. The maximum absolute atomic E-state index is 13.9. The van der Waals surface area contributed by atoms with Gasteiger partial charge in [-0.3, -0.25) is 4.79 Å². The summed E-state index contributed by atoms with van der Waals surface area (Å²) < 4.78 is 13.9. The highest BCUT2D eigenvalue weighted by atomic mass is 35.5. The van der Waals surface area contributed by atoms with E-state index >= 15 is 0 Å². The lowest BCUT2D eigenvalue weighted by molar-refractivity contribution is 0.0997. The Morgan fingerprint density at radius 2 is 2.10 bits per heavy atom. The molecule has 21 heavy (non-hydrogen) atoms. The van der Waals surface area contributed by atoms with Gasteiger partial charge in [-0.25, -0.2) is 4.39 Å². The number of carbonyl (C=O) groups is 1. The van der Waals surface area contributed by atoms with E-state index in [1.807, 2.05) is 0 Å². The lowest BCUT2D eigenvalue weighted by atomic mass is 9.90. The summed E-state index contributed by atoms with van der Waals surface area (Å²) in [5.41, 5.74) is 7.27. The van der Waals surface area contributed by atoms with E-state index in [0.29, 0.717) is 29.0 Å². The minimum Gasteiger partial charge on any atom is -0.507 e. The van der Waals surface area contributed by atoms with Crippen LogP contribution in [0.2, 0.25) is 5.02 Å². The standard InChI is InChI=1S/C16H13ClFNO2/c17-8-6-13-9(4-5-10(13)14(18)7-8)11-2-1-3-12(15(11)20)16(19)21/h1-3,6-7,9,20H,4-5H2,(H2,19,21)/t9-/m1/s1. The molecule has 3 N–H and O–H groups in total. The molecule has 1 aliphatic rings. The van der Waals surface area contributed by atoms with E-state index in [9.17, 15) is 14.3 Å². The zero-order valence-corrected chi connectivity index (χ0v) is 11.8. The Morgan fingerprint density at radius 1 is 1.33 bits per heavy atom. The summed E-state index contributed by atoms with van der Waals surface area (Å²) in [6, 6.07) is 7.86. The van der Waals surface area contributed by atoms with Crippen LogP contribution in [0, 0.1) is 5.82 Å². The quantitative estimate of drug-likeness (QED) is 0.893. The lowest BCUT2D eigenvalue weighted by Gasteiger charge is -2.15. The summed E-state index contributed by atoms with van der Waals surface area (Å²) in [5.74, 6) is -1.34. The van der Waals surface area contributed by atoms with Crippen molar-refractivity contribution in [3.63, 3.8) is 0 Å². The van der Waals surface area contributed by atoms with Gasteiger partial charge >= 0.3 is 0 Å².